The fraction of sp³-hybridized carbons (Fsp3) is 0.714. The molecule has 0 saturated carbocycles. The van der Waals surface area contributed by atoms with Crippen LogP contribution >= 0.6 is 0 Å². The monoisotopic (exact) mass is 134 g/mol. The summed E-state index contributed by atoms with van der Waals surface area (Å²) in [5, 5.41) is 0. The average Bonchev–Trinajstić information content (AvgIpc) is 1.62. The lowest BCUT2D eigenvalue weighted by molar-refractivity contribution is -0.0181. The van der Waals surface area contributed by atoms with E-state index in [4.69, 9.17) is 0 Å². The number of halogens is 2. The van der Waals surface area contributed by atoms with Gasteiger partial charge in [0.1, 0.15) is 0 Å². The molecule has 0 amide bonds. The van der Waals surface area contributed by atoms with Crippen LogP contribution in [0.25, 0.3) is 0 Å². The third kappa shape index (κ3) is 2.59. The Hall–Kier alpha value is -0.400. The first-order valence-electron chi connectivity index (χ1n) is 2.89. The minimum absolute atomic E-state index is 0.530. The predicted octanol–water partition coefficient (Wildman–Crippen LogP) is 2.85. The van der Waals surface area contributed by atoms with Crippen LogP contribution in [0.4, 0.5) is 8.78 Å². The summed E-state index contributed by atoms with van der Waals surface area (Å²) in [5.41, 5.74) is 0.530. The van der Waals surface area contributed by atoms with E-state index in [1.54, 1.807) is 6.92 Å². The second kappa shape index (κ2) is 2.46. The van der Waals surface area contributed by atoms with Gasteiger partial charge in [-0.25, -0.2) is 8.78 Å². The highest BCUT2D eigenvalue weighted by molar-refractivity contribution is 4.98. The van der Waals surface area contributed by atoms with Gasteiger partial charge in [-0.1, -0.05) is 19.1 Å². The fourth-order valence-electron chi connectivity index (χ4n) is 0.433. The molecular formula is C7H12F2. The number of allylic oxidation sites excluding steroid dienone is 1. The molecule has 0 aliphatic heterocycles. The molecule has 0 aromatic heterocycles. The normalized spacial score (nSPS) is 15.2. The van der Waals surface area contributed by atoms with E-state index in [0.717, 1.165) is 6.92 Å². The quantitative estimate of drug-likeness (QED) is 0.509. The van der Waals surface area contributed by atoms with Crippen LogP contribution in [0.5, 0.6) is 0 Å². The molecule has 1 unspecified atom stereocenters. The zero-order valence-electron chi connectivity index (χ0n) is 6.04. The van der Waals surface area contributed by atoms with Crippen LogP contribution in [0.2, 0.25) is 0 Å². The van der Waals surface area contributed by atoms with Crippen LogP contribution in [-0.4, -0.2) is 5.92 Å². The zero-order valence-corrected chi connectivity index (χ0v) is 6.04. The van der Waals surface area contributed by atoms with Crippen LogP contribution in [0, 0.1) is 5.92 Å². The smallest absolute Gasteiger partial charge is 0.207 e. The maximum Gasteiger partial charge on any atom is 0.251 e. The van der Waals surface area contributed by atoms with Gasteiger partial charge in [-0.05, 0) is 13.8 Å². The highest BCUT2D eigenvalue weighted by atomic mass is 19.3. The maximum atomic E-state index is 12.3. The van der Waals surface area contributed by atoms with E-state index in [9.17, 15) is 8.78 Å². The van der Waals surface area contributed by atoms with Crippen LogP contribution in [-0.2, 0) is 0 Å². The van der Waals surface area contributed by atoms with Crippen molar-refractivity contribution in [2.45, 2.75) is 26.7 Å². The maximum absolute atomic E-state index is 12.3. The van der Waals surface area contributed by atoms with Gasteiger partial charge in [-0.3, -0.25) is 0 Å². The van der Waals surface area contributed by atoms with Crippen LogP contribution in [0.3, 0.4) is 0 Å². The second-order valence-corrected chi connectivity index (χ2v) is 2.52. The summed E-state index contributed by atoms with van der Waals surface area (Å²) in [6.45, 7) is 7.44. The summed E-state index contributed by atoms with van der Waals surface area (Å²) in [5.74, 6) is -3.33. The summed E-state index contributed by atoms with van der Waals surface area (Å²) in [7, 11) is 0. The molecule has 0 spiro atoms. The van der Waals surface area contributed by atoms with Gasteiger partial charge in [0.15, 0.2) is 0 Å². The largest absolute Gasteiger partial charge is 0.251 e. The molecule has 9 heavy (non-hydrogen) atoms. The Morgan fingerprint density at radius 2 is 1.89 bits per heavy atom. The predicted molar refractivity (Wildman–Crippen MR) is 34.6 cm³/mol. The van der Waals surface area contributed by atoms with E-state index in [-0.39, 0.29) is 0 Å². The molecule has 0 heterocycles. The van der Waals surface area contributed by atoms with E-state index in [1.807, 2.05) is 0 Å². The standard InChI is InChI=1S/C7H12F2/c1-5(2)6(3)7(4,8)9/h6H,1H2,2-4H3. The molecule has 0 aliphatic rings. The van der Waals surface area contributed by atoms with E-state index in [0.29, 0.717) is 5.57 Å². The second-order valence-electron chi connectivity index (χ2n) is 2.52. The molecule has 0 saturated heterocycles. The van der Waals surface area contributed by atoms with Crippen molar-refractivity contribution < 1.29 is 8.78 Å². The zero-order chi connectivity index (χ0) is 7.65. The highest BCUT2D eigenvalue weighted by Crippen LogP contribution is 2.27. The van der Waals surface area contributed by atoms with Gasteiger partial charge in [-0.15, -0.1) is 0 Å². The molecule has 54 valence electrons. The summed E-state index contributed by atoms with van der Waals surface area (Å²) in [6, 6.07) is 0. The molecular weight excluding hydrogens is 122 g/mol. The van der Waals surface area contributed by atoms with E-state index < -0.39 is 11.8 Å². The molecule has 0 aromatic rings. The van der Waals surface area contributed by atoms with Crippen LogP contribution < -0.4 is 0 Å². The van der Waals surface area contributed by atoms with Gasteiger partial charge in [0.25, 0.3) is 5.92 Å². The van der Waals surface area contributed by atoms with Crippen molar-refractivity contribution in [1.82, 2.24) is 0 Å². The third-order valence-electron chi connectivity index (χ3n) is 1.50. The third-order valence-corrected chi connectivity index (χ3v) is 1.50. The Morgan fingerprint density at radius 3 is 1.89 bits per heavy atom. The molecule has 0 aromatic carbocycles. The van der Waals surface area contributed by atoms with Crippen molar-refractivity contribution in [3.8, 4) is 0 Å². The minimum Gasteiger partial charge on any atom is -0.207 e. The first-order valence-corrected chi connectivity index (χ1v) is 2.89. The molecule has 0 nitrogen and oxygen atoms in total. The Kier molecular flexibility index (Phi) is 2.35. The van der Waals surface area contributed by atoms with Crippen molar-refractivity contribution >= 4 is 0 Å². The fourth-order valence-corrected chi connectivity index (χ4v) is 0.433. The number of rotatable bonds is 2. The molecule has 0 N–H and O–H groups in total. The van der Waals surface area contributed by atoms with E-state index in [1.165, 1.54) is 6.92 Å². The Morgan fingerprint density at radius 1 is 1.56 bits per heavy atom. The Labute approximate surface area is 54.6 Å². The van der Waals surface area contributed by atoms with Gasteiger partial charge in [0.05, 0.1) is 0 Å². The Balaban J connectivity index is 4.04. The first-order chi connectivity index (χ1) is 3.85. The van der Waals surface area contributed by atoms with Gasteiger partial charge >= 0.3 is 0 Å². The molecule has 1 atom stereocenters. The molecule has 0 aliphatic carbocycles. The van der Waals surface area contributed by atoms with Crippen LogP contribution in [0.1, 0.15) is 20.8 Å². The average molecular weight is 134 g/mol. The molecule has 0 rings (SSSR count). The van der Waals surface area contributed by atoms with Crippen molar-refractivity contribution in [3.63, 3.8) is 0 Å². The van der Waals surface area contributed by atoms with Crippen molar-refractivity contribution in [2.24, 2.45) is 5.92 Å². The van der Waals surface area contributed by atoms with E-state index >= 15 is 0 Å². The molecule has 0 bridgehead atoms. The van der Waals surface area contributed by atoms with Gasteiger partial charge in [0.2, 0.25) is 0 Å². The molecule has 0 fully saturated rings. The van der Waals surface area contributed by atoms with E-state index in [2.05, 4.69) is 6.58 Å². The SMILES string of the molecule is C=C(C)C(C)C(C)(F)F. The van der Waals surface area contributed by atoms with Crippen molar-refractivity contribution in [3.05, 3.63) is 12.2 Å². The van der Waals surface area contributed by atoms with Crippen molar-refractivity contribution in [1.29, 1.82) is 0 Å². The lowest BCUT2D eigenvalue weighted by Gasteiger charge is -2.18. The van der Waals surface area contributed by atoms with Gasteiger partial charge < -0.3 is 0 Å². The Bertz CT molecular complexity index is 111. The summed E-state index contributed by atoms with van der Waals surface area (Å²) < 4.78 is 24.6. The van der Waals surface area contributed by atoms with Gasteiger partial charge in [-0.2, -0.15) is 0 Å². The molecule has 2 heteroatoms. The minimum atomic E-state index is -2.62. The van der Waals surface area contributed by atoms with Gasteiger partial charge in [0, 0.05) is 5.92 Å². The topological polar surface area (TPSA) is 0 Å². The summed E-state index contributed by atoms with van der Waals surface area (Å²) >= 11 is 0. The lowest BCUT2D eigenvalue weighted by atomic mass is 9.98. The number of alkyl halides is 2. The number of hydrogen-bond acceptors (Lipinski definition) is 0. The number of hydrogen-bond donors (Lipinski definition) is 0. The summed E-state index contributed by atoms with van der Waals surface area (Å²) in [6.07, 6.45) is 0. The first kappa shape index (κ1) is 8.60. The van der Waals surface area contributed by atoms with Crippen molar-refractivity contribution in [2.75, 3.05) is 0 Å². The lowest BCUT2D eigenvalue weighted by Crippen LogP contribution is -2.21. The van der Waals surface area contributed by atoms with Crippen LogP contribution in [0.15, 0.2) is 12.2 Å². The highest BCUT2D eigenvalue weighted by Gasteiger charge is 2.29. The summed E-state index contributed by atoms with van der Waals surface area (Å²) in [4.78, 5) is 0. The molecule has 0 radical (unpaired) electrons.